The van der Waals surface area contributed by atoms with Gasteiger partial charge < -0.3 is 5.32 Å². The molecule has 0 aliphatic carbocycles. The van der Waals surface area contributed by atoms with Crippen LogP contribution in [0.2, 0.25) is 0 Å². The van der Waals surface area contributed by atoms with Gasteiger partial charge in [-0.05, 0) is 43.3 Å². The molecule has 0 fully saturated rings. The molecule has 19 heavy (non-hydrogen) atoms. The molecule has 5 nitrogen and oxygen atoms in total. The molecule has 5 heteroatoms. The molecule has 0 radical (unpaired) electrons. The van der Waals surface area contributed by atoms with Gasteiger partial charge in [-0.3, -0.25) is 14.9 Å². The van der Waals surface area contributed by atoms with Gasteiger partial charge >= 0.3 is 0 Å². The molecule has 0 heterocycles. The Hall–Kier alpha value is -2.69. The van der Waals surface area contributed by atoms with Crippen LogP contribution in [-0.2, 0) is 0 Å². The molecule has 0 amide bonds. The minimum atomic E-state index is -0.439. The van der Waals surface area contributed by atoms with Gasteiger partial charge in [0.1, 0.15) is 0 Å². The van der Waals surface area contributed by atoms with Crippen LogP contribution >= 0.6 is 0 Å². The van der Waals surface area contributed by atoms with Gasteiger partial charge in [-0.2, -0.15) is 0 Å². The molecular weight excluding hydrogens is 244 g/mol. The van der Waals surface area contributed by atoms with Gasteiger partial charge in [0.15, 0.2) is 5.78 Å². The van der Waals surface area contributed by atoms with E-state index in [2.05, 4.69) is 5.32 Å². The highest BCUT2D eigenvalue weighted by Gasteiger charge is 2.04. The highest BCUT2D eigenvalue weighted by Crippen LogP contribution is 2.20. The van der Waals surface area contributed by atoms with Crippen LogP contribution in [0.15, 0.2) is 48.5 Å². The quantitative estimate of drug-likeness (QED) is 0.516. The number of Topliss-reactive ketones (excluding diaryl/α,β-unsaturated/α-hetero) is 1. The first-order valence-corrected chi connectivity index (χ1v) is 5.69. The lowest BCUT2D eigenvalue weighted by Crippen LogP contribution is -1.94. The molecule has 0 unspecified atom stereocenters. The number of nitro groups is 1. The zero-order valence-electron chi connectivity index (χ0n) is 10.3. The van der Waals surface area contributed by atoms with Crippen LogP contribution in [0.4, 0.5) is 17.1 Å². The summed E-state index contributed by atoms with van der Waals surface area (Å²) in [5, 5.41) is 13.6. The Labute approximate surface area is 110 Å². The molecule has 0 aliphatic heterocycles. The van der Waals surface area contributed by atoms with Crippen molar-refractivity contribution in [2.75, 3.05) is 5.32 Å². The fourth-order valence-corrected chi connectivity index (χ4v) is 1.62. The maximum atomic E-state index is 11.1. The van der Waals surface area contributed by atoms with Crippen molar-refractivity contribution >= 4 is 22.8 Å². The first-order chi connectivity index (χ1) is 9.06. The second-order valence-electron chi connectivity index (χ2n) is 4.06. The fourth-order valence-electron chi connectivity index (χ4n) is 1.62. The van der Waals surface area contributed by atoms with E-state index >= 15 is 0 Å². The smallest absolute Gasteiger partial charge is 0.269 e. The maximum Gasteiger partial charge on any atom is 0.269 e. The lowest BCUT2D eigenvalue weighted by atomic mass is 10.1. The average Bonchev–Trinajstić information content (AvgIpc) is 2.40. The summed E-state index contributed by atoms with van der Waals surface area (Å²) < 4.78 is 0. The molecular formula is C14H12N2O3. The van der Waals surface area contributed by atoms with Crippen molar-refractivity contribution < 1.29 is 9.72 Å². The Balaban J connectivity index is 2.12. The summed E-state index contributed by atoms with van der Waals surface area (Å²) in [6, 6.07) is 13.2. The molecule has 0 spiro atoms. The van der Waals surface area contributed by atoms with Gasteiger partial charge in [0.25, 0.3) is 5.69 Å². The second kappa shape index (κ2) is 5.30. The number of anilines is 2. The molecule has 2 aromatic rings. The van der Waals surface area contributed by atoms with Gasteiger partial charge in [0, 0.05) is 29.1 Å². The number of carbonyl (C=O) groups is 1. The number of non-ortho nitro benzene ring substituents is 1. The van der Waals surface area contributed by atoms with Crippen molar-refractivity contribution in [2.24, 2.45) is 0 Å². The third kappa shape index (κ3) is 3.16. The number of nitrogens with zero attached hydrogens (tertiary/aromatic N) is 1. The summed E-state index contributed by atoms with van der Waals surface area (Å²) in [6.45, 7) is 1.51. The van der Waals surface area contributed by atoms with Crippen molar-refractivity contribution in [1.82, 2.24) is 0 Å². The predicted octanol–water partition coefficient (Wildman–Crippen LogP) is 3.54. The van der Waals surface area contributed by atoms with Crippen LogP contribution in [0.3, 0.4) is 0 Å². The number of ketones is 1. The maximum absolute atomic E-state index is 11.1. The van der Waals surface area contributed by atoms with E-state index in [0.29, 0.717) is 5.56 Å². The summed E-state index contributed by atoms with van der Waals surface area (Å²) in [5.41, 5.74) is 2.27. The van der Waals surface area contributed by atoms with Gasteiger partial charge in [0.05, 0.1) is 4.92 Å². The van der Waals surface area contributed by atoms with Crippen LogP contribution in [0.1, 0.15) is 17.3 Å². The van der Waals surface area contributed by atoms with E-state index in [0.717, 1.165) is 11.4 Å². The molecule has 0 saturated heterocycles. The van der Waals surface area contributed by atoms with Gasteiger partial charge in [0.2, 0.25) is 0 Å². The van der Waals surface area contributed by atoms with E-state index in [1.54, 1.807) is 36.4 Å². The number of rotatable bonds is 4. The molecule has 2 aromatic carbocycles. The molecule has 96 valence electrons. The van der Waals surface area contributed by atoms with E-state index in [9.17, 15) is 14.9 Å². The van der Waals surface area contributed by atoms with Crippen LogP contribution in [0.5, 0.6) is 0 Å². The summed E-state index contributed by atoms with van der Waals surface area (Å²) in [7, 11) is 0. The van der Waals surface area contributed by atoms with Crippen LogP contribution in [0, 0.1) is 10.1 Å². The van der Waals surface area contributed by atoms with E-state index in [-0.39, 0.29) is 11.5 Å². The molecule has 0 atom stereocenters. The Morgan fingerprint density at radius 3 is 1.89 bits per heavy atom. The predicted molar refractivity (Wildman–Crippen MR) is 72.8 cm³/mol. The van der Waals surface area contributed by atoms with E-state index < -0.39 is 4.92 Å². The lowest BCUT2D eigenvalue weighted by Gasteiger charge is -2.06. The summed E-state index contributed by atoms with van der Waals surface area (Å²) >= 11 is 0. The van der Waals surface area contributed by atoms with Crippen molar-refractivity contribution in [3.8, 4) is 0 Å². The third-order valence-electron chi connectivity index (χ3n) is 2.66. The normalized spacial score (nSPS) is 9.95. The number of carbonyl (C=O) groups excluding carboxylic acids is 1. The third-order valence-corrected chi connectivity index (χ3v) is 2.66. The van der Waals surface area contributed by atoms with Crippen LogP contribution in [-0.4, -0.2) is 10.7 Å². The molecule has 0 bridgehead atoms. The first-order valence-electron chi connectivity index (χ1n) is 5.69. The fraction of sp³-hybridized carbons (Fsp3) is 0.0714. The minimum Gasteiger partial charge on any atom is -0.356 e. The highest BCUT2D eigenvalue weighted by molar-refractivity contribution is 5.94. The standard InChI is InChI=1S/C14H12N2O3/c1-10(17)11-2-4-12(5-3-11)15-13-6-8-14(9-7-13)16(18)19/h2-9,15H,1H3. The van der Waals surface area contributed by atoms with Crippen LogP contribution < -0.4 is 5.32 Å². The minimum absolute atomic E-state index is 0.0156. The summed E-state index contributed by atoms with van der Waals surface area (Å²) in [6.07, 6.45) is 0. The first kappa shape index (κ1) is 12.8. The molecule has 2 rings (SSSR count). The van der Waals surface area contributed by atoms with Crippen molar-refractivity contribution in [3.05, 3.63) is 64.2 Å². The van der Waals surface area contributed by atoms with E-state index in [1.807, 2.05) is 0 Å². The molecule has 1 N–H and O–H groups in total. The number of nitro benzene ring substituents is 1. The summed E-state index contributed by atoms with van der Waals surface area (Å²) in [5.74, 6) is 0.0156. The zero-order chi connectivity index (χ0) is 13.8. The zero-order valence-corrected chi connectivity index (χ0v) is 10.3. The topological polar surface area (TPSA) is 72.2 Å². The van der Waals surface area contributed by atoms with Crippen LogP contribution in [0.25, 0.3) is 0 Å². The Morgan fingerprint density at radius 2 is 1.47 bits per heavy atom. The van der Waals surface area contributed by atoms with Crippen molar-refractivity contribution in [1.29, 1.82) is 0 Å². The van der Waals surface area contributed by atoms with Gasteiger partial charge in [-0.25, -0.2) is 0 Å². The van der Waals surface area contributed by atoms with E-state index in [4.69, 9.17) is 0 Å². The average molecular weight is 256 g/mol. The number of nitrogens with one attached hydrogen (secondary N) is 1. The van der Waals surface area contributed by atoms with Crippen molar-refractivity contribution in [3.63, 3.8) is 0 Å². The number of hydrogen-bond acceptors (Lipinski definition) is 4. The number of hydrogen-bond donors (Lipinski definition) is 1. The molecule has 0 saturated carbocycles. The Bertz CT molecular complexity index is 548. The summed E-state index contributed by atoms with van der Waals surface area (Å²) in [4.78, 5) is 21.2. The SMILES string of the molecule is CC(=O)c1ccc(Nc2ccc([N+](=O)[O-])cc2)cc1. The van der Waals surface area contributed by atoms with E-state index in [1.165, 1.54) is 19.1 Å². The monoisotopic (exact) mass is 256 g/mol. The van der Waals surface area contributed by atoms with Gasteiger partial charge in [-0.15, -0.1) is 0 Å². The highest BCUT2D eigenvalue weighted by atomic mass is 16.6. The Kier molecular flexibility index (Phi) is 3.56. The second-order valence-corrected chi connectivity index (χ2v) is 4.06. The van der Waals surface area contributed by atoms with Crippen molar-refractivity contribution in [2.45, 2.75) is 6.92 Å². The Morgan fingerprint density at radius 1 is 1.00 bits per heavy atom. The number of benzene rings is 2. The molecule has 0 aliphatic rings. The van der Waals surface area contributed by atoms with Gasteiger partial charge in [-0.1, -0.05) is 0 Å². The largest absolute Gasteiger partial charge is 0.356 e. The molecule has 0 aromatic heterocycles. The lowest BCUT2D eigenvalue weighted by molar-refractivity contribution is -0.384.